The second kappa shape index (κ2) is 8.12. The van der Waals surface area contributed by atoms with Crippen molar-refractivity contribution < 1.29 is 29.3 Å². The van der Waals surface area contributed by atoms with Gasteiger partial charge in [0.1, 0.15) is 18.0 Å². The lowest BCUT2D eigenvalue weighted by Crippen LogP contribution is -2.31. The minimum Gasteiger partial charge on any atom is -0.388 e. The zero-order chi connectivity index (χ0) is 21.5. The van der Waals surface area contributed by atoms with E-state index in [4.69, 9.17) is 26.1 Å². The SMILES string of the molecule is O=P(O)(O)CC[C@H]1O[C@@H](n2cnc3c(Nc4cnccn4)nc(Cl)nc32)C(O)C1O. The average Bonchev–Trinajstić information content (AvgIpc) is 3.22. The number of anilines is 2. The van der Waals surface area contributed by atoms with E-state index in [1.165, 1.54) is 29.5 Å². The van der Waals surface area contributed by atoms with Crippen molar-refractivity contribution in [3.05, 3.63) is 30.2 Å². The highest BCUT2D eigenvalue weighted by Crippen LogP contribution is 2.39. The molecule has 0 spiro atoms. The van der Waals surface area contributed by atoms with Crippen molar-refractivity contribution in [3.8, 4) is 0 Å². The van der Waals surface area contributed by atoms with Gasteiger partial charge in [0.25, 0.3) is 0 Å². The number of fused-ring (bicyclic) bond motifs is 1. The first-order chi connectivity index (χ1) is 14.2. The number of aliphatic hydroxyl groups excluding tert-OH is 2. The highest BCUT2D eigenvalue weighted by Gasteiger charge is 2.44. The van der Waals surface area contributed by atoms with Crippen LogP contribution in [0.1, 0.15) is 12.6 Å². The fourth-order valence-corrected chi connectivity index (χ4v) is 3.90. The molecule has 1 fully saturated rings. The molecule has 1 aliphatic heterocycles. The molecule has 0 saturated carbocycles. The Hall–Kier alpha value is -2.25. The summed E-state index contributed by atoms with van der Waals surface area (Å²) < 4.78 is 18.2. The molecule has 0 aromatic carbocycles. The van der Waals surface area contributed by atoms with Crippen LogP contribution in [0.5, 0.6) is 0 Å². The molecule has 1 saturated heterocycles. The van der Waals surface area contributed by atoms with E-state index in [1.807, 2.05) is 0 Å². The highest BCUT2D eigenvalue weighted by molar-refractivity contribution is 7.51. The van der Waals surface area contributed by atoms with E-state index in [9.17, 15) is 14.8 Å². The van der Waals surface area contributed by atoms with Crippen molar-refractivity contribution >= 4 is 42.0 Å². The Morgan fingerprint density at radius 1 is 1.20 bits per heavy atom. The number of aromatic nitrogens is 6. The molecule has 13 nitrogen and oxygen atoms in total. The zero-order valence-electron chi connectivity index (χ0n) is 15.1. The minimum atomic E-state index is -4.28. The Morgan fingerprint density at radius 2 is 2.00 bits per heavy atom. The van der Waals surface area contributed by atoms with Gasteiger partial charge in [0.15, 0.2) is 23.2 Å². The highest BCUT2D eigenvalue weighted by atomic mass is 35.5. The maximum absolute atomic E-state index is 11.1. The second-order valence-corrected chi connectivity index (χ2v) is 8.72. The normalized spacial score (nSPS) is 24.4. The number of hydrogen-bond donors (Lipinski definition) is 5. The van der Waals surface area contributed by atoms with Crippen LogP contribution in [0.3, 0.4) is 0 Å². The second-order valence-electron chi connectivity index (χ2n) is 6.60. The molecular weight excluding hydrogens is 441 g/mol. The third-order valence-corrected chi connectivity index (χ3v) is 5.53. The summed E-state index contributed by atoms with van der Waals surface area (Å²) in [6, 6.07) is 0. The molecule has 0 radical (unpaired) electrons. The number of aliphatic hydroxyl groups is 2. The molecule has 30 heavy (non-hydrogen) atoms. The quantitative estimate of drug-likeness (QED) is 0.250. The van der Waals surface area contributed by atoms with Crippen LogP contribution in [0, 0.1) is 0 Å². The van der Waals surface area contributed by atoms with Crippen LogP contribution in [0.4, 0.5) is 11.6 Å². The molecule has 4 atom stereocenters. The van der Waals surface area contributed by atoms with Crippen molar-refractivity contribution in [1.29, 1.82) is 0 Å². The van der Waals surface area contributed by atoms with Crippen LogP contribution in [0.15, 0.2) is 24.9 Å². The van der Waals surface area contributed by atoms with Gasteiger partial charge in [-0.2, -0.15) is 9.97 Å². The molecule has 2 unspecified atom stereocenters. The van der Waals surface area contributed by atoms with Crippen molar-refractivity contribution in [2.75, 3.05) is 11.5 Å². The minimum absolute atomic E-state index is 0.110. The number of nitrogens with one attached hydrogen (secondary N) is 1. The maximum atomic E-state index is 11.1. The van der Waals surface area contributed by atoms with Gasteiger partial charge in [0.2, 0.25) is 5.28 Å². The lowest BCUT2D eigenvalue weighted by molar-refractivity contribution is -0.0355. The van der Waals surface area contributed by atoms with E-state index in [0.717, 1.165) is 0 Å². The number of ether oxygens (including phenoxy) is 1. The van der Waals surface area contributed by atoms with Crippen LogP contribution in [0.2, 0.25) is 5.28 Å². The fourth-order valence-electron chi connectivity index (χ4n) is 3.14. The average molecular weight is 458 g/mol. The van der Waals surface area contributed by atoms with Gasteiger partial charge in [-0.1, -0.05) is 0 Å². The summed E-state index contributed by atoms with van der Waals surface area (Å²) in [6.45, 7) is 0. The summed E-state index contributed by atoms with van der Waals surface area (Å²) >= 11 is 6.04. The number of nitrogens with zero attached hydrogens (tertiary/aromatic N) is 6. The van der Waals surface area contributed by atoms with Crippen molar-refractivity contribution in [1.82, 2.24) is 29.5 Å². The van der Waals surface area contributed by atoms with Crippen LogP contribution < -0.4 is 5.32 Å². The van der Waals surface area contributed by atoms with Crippen molar-refractivity contribution in [2.24, 2.45) is 0 Å². The van der Waals surface area contributed by atoms with Gasteiger partial charge >= 0.3 is 7.60 Å². The Balaban J connectivity index is 1.64. The first-order valence-corrected chi connectivity index (χ1v) is 10.9. The van der Waals surface area contributed by atoms with Crippen molar-refractivity contribution in [2.45, 2.75) is 31.0 Å². The van der Waals surface area contributed by atoms with Gasteiger partial charge in [-0.3, -0.25) is 14.1 Å². The fraction of sp³-hybridized carbons (Fsp3) is 0.400. The molecule has 3 aromatic heterocycles. The summed E-state index contributed by atoms with van der Waals surface area (Å²) in [5.74, 6) is 0.642. The lowest BCUT2D eigenvalue weighted by Gasteiger charge is -2.16. The smallest absolute Gasteiger partial charge is 0.325 e. The largest absolute Gasteiger partial charge is 0.388 e. The molecule has 0 aliphatic carbocycles. The summed E-state index contributed by atoms with van der Waals surface area (Å²) in [5.41, 5.74) is 0.516. The number of hydrogen-bond acceptors (Lipinski definition) is 10. The summed E-state index contributed by atoms with van der Waals surface area (Å²) in [5, 5.41) is 23.5. The third kappa shape index (κ3) is 4.27. The standard InChI is InChI=1S/C15H17ClN7O6P/c16-15-21-12(20-8-5-17-2-3-18-8)9-13(22-15)23(6-19-9)14-11(25)10(24)7(29-14)1-4-30(26,27)28/h2-3,5-7,10-11,14,24-25H,1,4H2,(H2,26,27,28)(H,18,20,21,22)/t7-,10?,11?,14-/m1/s1. The number of rotatable bonds is 6. The lowest BCUT2D eigenvalue weighted by atomic mass is 10.1. The van der Waals surface area contributed by atoms with Crippen molar-refractivity contribution in [3.63, 3.8) is 0 Å². The summed E-state index contributed by atoms with van der Waals surface area (Å²) in [4.78, 5) is 38.6. The molecule has 15 heteroatoms. The summed E-state index contributed by atoms with van der Waals surface area (Å²) in [7, 11) is -4.28. The van der Waals surface area contributed by atoms with Gasteiger partial charge in [-0.05, 0) is 18.0 Å². The van der Waals surface area contributed by atoms with Gasteiger partial charge in [0.05, 0.1) is 24.8 Å². The van der Waals surface area contributed by atoms with E-state index < -0.39 is 38.3 Å². The topological polar surface area (TPSA) is 189 Å². The number of halogens is 1. The molecule has 4 heterocycles. The number of imidazole rings is 1. The monoisotopic (exact) mass is 457 g/mol. The van der Waals surface area contributed by atoms with Gasteiger partial charge in [-0.25, -0.2) is 9.97 Å². The first kappa shape index (κ1) is 21.0. The molecule has 5 N–H and O–H groups in total. The molecule has 3 aromatic rings. The Kier molecular flexibility index (Phi) is 5.68. The Morgan fingerprint density at radius 3 is 2.70 bits per heavy atom. The van der Waals surface area contributed by atoms with E-state index >= 15 is 0 Å². The predicted octanol–water partition coefficient (Wildman–Crippen LogP) is 0.200. The van der Waals surface area contributed by atoms with Crippen LogP contribution in [-0.2, 0) is 9.30 Å². The zero-order valence-corrected chi connectivity index (χ0v) is 16.8. The maximum Gasteiger partial charge on any atom is 0.325 e. The Labute approximate surface area is 173 Å². The van der Waals surface area contributed by atoms with E-state index in [1.54, 1.807) is 0 Å². The van der Waals surface area contributed by atoms with Gasteiger partial charge < -0.3 is 30.1 Å². The van der Waals surface area contributed by atoms with Crippen LogP contribution in [-0.4, -0.2) is 74.0 Å². The molecule has 160 valence electrons. The van der Waals surface area contributed by atoms with E-state index in [-0.39, 0.29) is 23.2 Å². The Bertz CT molecular complexity index is 1100. The first-order valence-electron chi connectivity index (χ1n) is 8.72. The molecule has 1 aliphatic rings. The van der Waals surface area contributed by atoms with Gasteiger partial charge in [-0.15, -0.1) is 0 Å². The van der Waals surface area contributed by atoms with E-state index in [2.05, 4.69) is 30.2 Å². The predicted molar refractivity (Wildman–Crippen MR) is 103 cm³/mol. The van der Waals surface area contributed by atoms with E-state index in [0.29, 0.717) is 11.3 Å². The molecular formula is C15H17ClN7O6P. The van der Waals surface area contributed by atoms with Crippen LogP contribution >= 0.6 is 19.2 Å². The van der Waals surface area contributed by atoms with Gasteiger partial charge in [0, 0.05) is 12.4 Å². The summed E-state index contributed by atoms with van der Waals surface area (Å²) in [6.07, 6.45) is 0.376. The third-order valence-electron chi connectivity index (χ3n) is 4.52. The van der Waals surface area contributed by atoms with Crippen LogP contribution in [0.25, 0.3) is 11.2 Å². The molecule has 0 amide bonds. The molecule has 4 rings (SSSR count). The molecule has 0 bridgehead atoms.